The third-order valence-corrected chi connectivity index (χ3v) is 5.72. The Kier molecular flexibility index (Phi) is 6.81. The number of nitrogens with zero attached hydrogens (tertiary/aromatic N) is 2. The van der Waals surface area contributed by atoms with Crippen LogP contribution in [0.5, 0.6) is 0 Å². The minimum absolute atomic E-state index is 0.125. The Balaban J connectivity index is 2.17. The summed E-state index contributed by atoms with van der Waals surface area (Å²) in [6.45, 7) is 6.58. The molecule has 0 spiro atoms. The largest absolute Gasteiger partial charge is 0.507 e. The Morgan fingerprint density at radius 1 is 1.06 bits per heavy atom. The number of nitro benzene ring substituents is 1. The summed E-state index contributed by atoms with van der Waals surface area (Å²) in [4.78, 5) is 39.7. The zero-order valence-corrected chi connectivity index (χ0v) is 17.6. The van der Waals surface area contributed by atoms with Crippen LogP contribution in [0.15, 0.2) is 60.2 Å². The molecule has 1 amide bonds. The molecule has 3 rings (SSSR count). The van der Waals surface area contributed by atoms with Crippen molar-refractivity contribution in [2.45, 2.75) is 19.9 Å². The van der Waals surface area contributed by atoms with Crippen molar-refractivity contribution < 1.29 is 24.5 Å². The molecule has 0 radical (unpaired) electrons. The number of ketones is 1. The van der Waals surface area contributed by atoms with Crippen LogP contribution in [0.3, 0.4) is 0 Å². The number of nitro groups is 1. The van der Waals surface area contributed by atoms with E-state index in [0.29, 0.717) is 12.1 Å². The summed E-state index contributed by atoms with van der Waals surface area (Å²) < 4.78 is 0. The predicted octanol–water partition coefficient (Wildman–Crippen LogP) is 1.94. The topological polar surface area (TPSA) is 105 Å². The summed E-state index contributed by atoms with van der Waals surface area (Å²) in [6.07, 6.45) is 0. The van der Waals surface area contributed by atoms with Crippen LogP contribution in [0.1, 0.15) is 31.0 Å². The van der Waals surface area contributed by atoms with Gasteiger partial charge in [-0.2, -0.15) is 0 Å². The molecular weight excluding hydrogens is 398 g/mol. The molecule has 1 saturated heterocycles. The number of likely N-dealkylation sites (N-methyl/N-ethyl adjacent to an activating group) is 1. The van der Waals surface area contributed by atoms with Crippen molar-refractivity contribution >= 4 is 23.1 Å². The van der Waals surface area contributed by atoms with Gasteiger partial charge in [0.1, 0.15) is 5.76 Å². The molecule has 2 aromatic rings. The van der Waals surface area contributed by atoms with Gasteiger partial charge >= 0.3 is 0 Å². The third-order valence-electron chi connectivity index (χ3n) is 5.72. The van der Waals surface area contributed by atoms with Crippen molar-refractivity contribution in [3.63, 3.8) is 0 Å². The van der Waals surface area contributed by atoms with Crippen molar-refractivity contribution in [1.82, 2.24) is 4.90 Å². The van der Waals surface area contributed by atoms with Crippen molar-refractivity contribution in [3.05, 3.63) is 81.4 Å². The third kappa shape index (κ3) is 4.34. The average Bonchev–Trinajstić information content (AvgIpc) is 3.04. The molecular formula is C23H26N3O5+. The predicted molar refractivity (Wildman–Crippen MR) is 115 cm³/mol. The second kappa shape index (κ2) is 9.53. The lowest BCUT2D eigenvalue weighted by Crippen LogP contribution is -3.12. The molecule has 0 saturated carbocycles. The van der Waals surface area contributed by atoms with Gasteiger partial charge < -0.3 is 14.9 Å². The second-order valence-electron chi connectivity index (χ2n) is 7.38. The van der Waals surface area contributed by atoms with Gasteiger partial charge in [0.25, 0.3) is 17.4 Å². The molecule has 1 aliphatic rings. The smallest absolute Gasteiger partial charge is 0.295 e. The van der Waals surface area contributed by atoms with E-state index < -0.39 is 22.7 Å². The number of carbonyl (C=O) groups excluding carboxylic acids is 2. The quantitative estimate of drug-likeness (QED) is 0.222. The summed E-state index contributed by atoms with van der Waals surface area (Å²) in [7, 11) is 0. The first-order chi connectivity index (χ1) is 14.9. The molecule has 2 N–H and O–H groups in total. The Bertz CT molecular complexity index is 1010. The fourth-order valence-electron chi connectivity index (χ4n) is 3.95. The standard InChI is InChI=1S/C23H25N3O5/c1-3-24(4-2)14-15-25-20(17-12-8-9-13-18(17)26(30)31)19(22(28)23(25)29)21(27)16-10-6-5-7-11-16/h5-13,20,27H,3-4,14-15H2,1-2H3/p+1/t20-/m1/s1. The van der Waals surface area contributed by atoms with Crippen LogP contribution in [0, 0.1) is 10.1 Å². The summed E-state index contributed by atoms with van der Waals surface area (Å²) in [6, 6.07) is 13.4. The maximum absolute atomic E-state index is 13.0. The van der Waals surface area contributed by atoms with Crippen LogP contribution in [0.25, 0.3) is 5.76 Å². The number of Topliss-reactive ketones (excluding diaryl/α,β-unsaturated/α-hetero) is 1. The number of para-hydroxylation sites is 1. The molecule has 1 fully saturated rings. The highest BCUT2D eigenvalue weighted by atomic mass is 16.6. The van der Waals surface area contributed by atoms with E-state index in [9.17, 15) is 24.8 Å². The Morgan fingerprint density at radius 2 is 1.68 bits per heavy atom. The number of benzene rings is 2. The SMILES string of the molecule is CC[NH+](CC)CCN1C(=O)C(=O)C(=C(O)c2ccccc2)[C@H]1c1ccccc1[N+](=O)[O-]. The highest BCUT2D eigenvalue weighted by Crippen LogP contribution is 2.42. The Morgan fingerprint density at radius 3 is 2.29 bits per heavy atom. The van der Waals surface area contributed by atoms with Gasteiger partial charge in [0.05, 0.1) is 48.3 Å². The highest BCUT2D eigenvalue weighted by Gasteiger charge is 2.48. The van der Waals surface area contributed by atoms with Crippen molar-refractivity contribution in [2.75, 3.05) is 26.2 Å². The van der Waals surface area contributed by atoms with Gasteiger partial charge in [0.2, 0.25) is 0 Å². The van der Waals surface area contributed by atoms with E-state index in [-0.39, 0.29) is 29.1 Å². The molecule has 1 aliphatic heterocycles. The average molecular weight is 424 g/mol. The van der Waals surface area contributed by atoms with E-state index in [4.69, 9.17) is 0 Å². The van der Waals surface area contributed by atoms with Crippen LogP contribution < -0.4 is 4.90 Å². The second-order valence-corrected chi connectivity index (χ2v) is 7.38. The summed E-state index contributed by atoms with van der Waals surface area (Å²) >= 11 is 0. The van der Waals surface area contributed by atoms with E-state index >= 15 is 0 Å². The molecule has 0 bridgehead atoms. The summed E-state index contributed by atoms with van der Waals surface area (Å²) in [5.41, 5.74) is 0.255. The zero-order valence-electron chi connectivity index (χ0n) is 17.6. The first-order valence-electron chi connectivity index (χ1n) is 10.3. The van der Waals surface area contributed by atoms with Crippen LogP contribution in [0.2, 0.25) is 0 Å². The number of aliphatic hydroxyl groups excluding tert-OH is 1. The van der Waals surface area contributed by atoms with Gasteiger partial charge in [-0.15, -0.1) is 0 Å². The van der Waals surface area contributed by atoms with E-state index in [1.807, 2.05) is 13.8 Å². The van der Waals surface area contributed by atoms with E-state index in [1.165, 1.54) is 28.0 Å². The zero-order chi connectivity index (χ0) is 22.5. The molecule has 31 heavy (non-hydrogen) atoms. The number of nitrogens with one attached hydrogen (secondary N) is 1. The number of aliphatic hydroxyl groups is 1. The monoisotopic (exact) mass is 424 g/mol. The van der Waals surface area contributed by atoms with E-state index in [0.717, 1.165) is 13.1 Å². The summed E-state index contributed by atoms with van der Waals surface area (Å²) in [5.74, 6) is -1.92. The summed E-state index contributed by atoms with van der Waals surface area (Å²) in [5, 5.41) is 22.7. The Hall–Kier alpha value is -3.52. The van der Waals surface area contributed by atoms with Gasteiger partial charge in [-0.25, -0.2) is 0 Å². The van der Waals surface area contributed by atoms with E-state index in [1.54, 1.807) is 36.4 Å². The van der Waals surface area contributed by atoms with Crippen LogP contribution in [-0.4, -0.2) is 52.8 Å². The van der Waals surface area contributed by atoms with Crippen molar-refractivity contribution in [2.24, 2.45) is 0 Å². The van der Waals surface area contributed by atoms with Gasteiger partial charge in [0.15, 0.2) is 0 Å². The highest BCUT2D eigenvalue weighted by molar-refractivity contribution is 6.46. The van der Waals surface area contributed by atoms with Gasteiger partial charge in [-0.3, -0.25) is 19.7 Å². The van der Waals surface area contributed by atoms with Gasteiger partial charge in [-0.1, -0.05) is 42.5 Å². The fraction of sp³-hybridized carbons (Fsp3) is 0.304. The van der Waals surface area contributed by atoms with Crippen molar-refractivity contribution in [1.29, 1.82) is 0 Å². The molecule has 8 nitrogen and oxygen atoms in total. The lowest BCUT2D eigenvalue weighted by molar-refractivity contribution is -0.895. The van der Waals surface area contributed by atoms with Crippen LogP contribution >= 0.6 is 0 Å². The molecule has 0 unspecified atom stereocenters. The minimum atomic E-state index is -1.03. The van der Waals surface area contributed by atoms with Gasteiger partial charge in [0, 0.05) is 11.6 Å². The lowest BCUT2D eigenvalue weighted by Gasteiger charge is -2.26. The molecule has 162 valence electrons. The maximum Gasteiger partial charge on any atom is 0.295 e. The first kappa shape index (κ1) is 22.2. The number of likely N-dealkylation sites (tertiary alicyclic amines) is 1. The fourth-order valence-corrected chi connectivity index (χ4v) is 3.95. The van der Waals surface area contributed by atoms with Crippen molar-refractivity contribution in [3.8, 4) is 0 Å². The molecule has 1 heterocycles. The molecule has 8 heteroatoms. The van der Waals surface area contributed by atoms with Gasteiger partial charge in [-0.05, 0) is 19.9 Å². The Labute approximate surface area is 180 Å². The number of rotatable bonds is 8. The molecule has 0 aliphatic carbocycles. The van der Waals surface area contributed by atoms with Crippen LogP contribution in [0.4, 0.5) is 5.69 Å². The molecule has 2 aromatic carbocycles. The molecule has 1 atom stereocenters. The normalized spacial score (nSPS) is 18.0. The number of quaternary nitrogens is 1. The minimum Gasteiger partial charge on any atom is -0.507 e. The maximum atomic E-state index is 13.0. The molecule has 0 aromatic heterocycles. The first-order valence-corrected chi connectivity index (χ1v) is 10.3. The number of hydrogen-bond donors (Lipinski definition) is 2. The van der Waals surface area contributed by atoms with E-state index in [2.05, 4.69) is 0 Å². The number of hydrogen-bond acceptors (Lipinski definition) is 5. The number of carbonyl (C=O) groups is 2. The lowest BCUT2D eigenvalue weighted by atomic mass is 9.94. The number of amides is 1. The van der Waals surface area contributed by atoms with Crippen LogP contribution in [-0.2, 0) is 9.59 Å².